The summed E-state index contributed by atoms with van der Waals surface area (Å²) in [6.45, 7) is 9.19. The van der Waals surface area contributed by atoms with Crippen LogP contribution in [0.3, 0.4) is 0 Å². The number of carbonyl (C=O) groups excluding carboxylic acids is 1. The average molecular weight is 471 g/mol. The second-order valence-electron chi connectivity index (χ2n) is 9.40. The van der Waals surface area contributed by atoms with Gasteiger partial charge < -0.3 is 9.73 Å². The molecule has 176 valence electrons. The van der Waals surface area contributed by atoms with Crippen LogP contribution < -0.4 is 5.32 Å². The molecule has 0 unspecified atom stereocenters. The van der Waals surface area contributed by atoms with Crippen LogP contribution in [0, 0.1) is 6.92 Å². The second kappa shape index (κ2) is 8.79. The second-order valence-corrected chi connectivity index (χ2v) is 11.3. The minimum atomic E-state index is -3.68. The van der Waals surface area contributed by atoms with Gasteiger partial charge in [-0.2, -0.15) is 9.40 Å². The van der Waals surface area contributed by atoms with Gasteiger partial charge >= 0.3 is 0 Å². The van der Waals surface area contributed by atoms with Crippen molar-refractivity contribution in [3.05, 3.63) is 65.2 Å². The fourth-order valence-corrected chi connectivity index (χ4v) is 5.52. The number of aryl methyl sites for hydroxylation is 1. The van der Waals surface area contributed by atoms with Gasteiger partial charge in [0.05, 0.1) is 12.2 Å². The monoisotopic (exact) mass is 470 g/mol. The normalized spacial score (nSPS) is 15.2. The molecule has 2 aromatic heterocycles. The highest BCUT2D eigenvalue weighted by atomic mass is 32.2. The number of rotatable bonds is 6. The van der Waals surface area contributed by atoms with Crippen molar-refractivity contribution in [3.8, 4) is 0 Å². The van der Waals surface area contributed by atoms with Crippen molar-refractivity contribution in [2.24, 2.45) is 0 Å². The number of carbonyl (C=O) groups is 1. The molecule has 0 spiro atoms. The van der Waals surface area contributed by atoms with Crippen molar-refractivity contribution >= 4 is 21.7 Å². The highest BCUT2D eigenvalue weighted by molar-refractivity contribution is 7.89. The third-order valence-corrected chi connectivity index (χ3v) is 7.75. The fourth-order valence-electron chi connectivity index (χ4n) is 3.84. The molecule has 4 rings (SSSR count). The summed E-state index contributed by atoms with van der Waals surface area (Å²) in [5, 5.41) is 7.57. The molecule has 8 nitrogen and oxygen atoms in total. The van der Waals surface area contributed by atoms with Crippen LogP contribution in [0.4, 0.5) is 5.82 Å². The predicted molar refractivity (Wildman–Crippen MR) is 126 cm³/mol. The highest BCUT2D eigenvalue weighted by Gasteiger charge is 2.32. The molecule has 1 saturated heterocycles. The van der Waals surface area contributed by atoms with Crippen molar-refractivity contribution < 1.29 is 17.6 Å². The number of furan rings is 1. The highest BCUT2D eigenvalue weighted by Crippen LogP contribution is 2.28. The molecule has 1 amide bonds. The molecule has 1 aliphatic heterocycles. The Morgan fingerprint density at radius 3 is 2.42 bits per heavy atom. The third-order valence-electron chi connectivity index (χ3n) is 5.74. The maximum atomic E-state index is 13.0. The first kappa shape index (κ1) is 23.3. The first-order valence-electron chi connectivity index (χ1n) is 11.1. The van der Waals surface area contributed by atoms with E-state index in [9.17, 15) is 13.2 Å². The minimum absolute atomic E-state index is 0.0442. The largest absolute Gasteiger partial charge is 0.455 e. The topological polar surface area (TPSA) is 97.4 Å². The first-order chi connectivity index (χ1) is 15.6. The van der Waals surface area contributed by atoms with Gasteiger partial charge in [0, 0.05) is 30.6 Å². The molecule has 1 fully saturated rings. The van der Waals surface area contributed by atoms with Crippen molar-refractivity contribution in [1.29, 1.82) is 0 Å². The lowest BCUT2D eigenvalue weighted by atomic mass is 9.92. The summed E-state index contributed by atoms with van der Waals surface area (Å²) in [5.41, 5.74) is 1.67. The molecule has 1 N–H and O–H groups in total. The molecule has 1 aliphatic rings. The van der Waals surface area contributed by atoms with Crippen molar-refractivity contribution in [2.45, 2.75) is 57.4 Å². The van der Waals surface area contributed by atoms with Gasteiger partial charge in [0.15, 0.2) is 5.76 Å². The Morgan fingerprint density at radius 1 is 1.12 bits per heavy atom. The molecule has 0 atom stereocenters. The van der Waals surface area contributed by atoms with Gasteiger partial charge in [-0.25, -0.2) is 13.1 Å². The van der Waals surface area contributed by atoms with Crippen LogP contribution in [-0.2, 0) is 22.0 Å². The smallest absolute Gasteiger partial charge is 0.292 e. The Kier molecular flexibility index (Phi) is 6.20. The number of hydrogen-bond donors (Lipinski definition) is 1. The summed E-state index contributed by atoms with van der Waals surface area (Å²) in [6, 6.07) is 13.0. The molecular weight excluding hydrogens is 440 g/mol. The fraction of sp³-hybridized carbons (Fsp3) is 0.417. The number of nitrogens with zero attached hydrogens (tertiary/aromatic N) is 3. The van der Waals surface area contributed by atoms with Gasteiger partial charge in [-0.15, -0.1) is 0 Å². The van der Waals surface area contributed by atoms with Crippen LogP contribution in [0.2, 0.25) is 0 Å². The summed E-state index contributed by atoms with van der Waals surface area (Å²) >= 11 is 0. The van der Waals surface area contributed by atoms with Crippen LogP contribution >= 0.6 is 0 Å². The Hall–Kier alpha value is -2.91. The Morgan fingerprint density at radius 2 is 1.79 bits per heavy atom. The van der Waals surface area contributed by atoms with E-state index in [1.165, 1.54) is 10.4 Å². The number of anilines is 1. The molecule has 0 saturated carbocycles. The SMILES string of the molecule is Cc1oc(C(=O)Nc2cc(C(C)(C)C)nn2Cc2ccccc2)cc1S(=O)(=O)N1CCCC1. The van der Waals surface area contributed by atoms with Gasteiger partial charge in [-0.1, -0.05) is 51.1 Å². The summed E-state index contributed by atoms with van der Waals surface area (Å²) < 4.78 is 34.6. The van der Waals surface area contributed by atoms with Crippen molar-refractivity contribution in [3.63, 3.8) is 0 Å². The van der Waals surface area contributed by atoms with E-state index in [-0.39, 0.29) is 21.8 Å². The van der Waals surface area contributed by atoms with Crippen LogP contribution in [0.25, 0.3) is 0 Å². The molecule has 33 heavy (non-hydrogen) atoms. The summed E-state index contributed by atoms with van der Waals surface area (Å²) in [5.74, 6) is 0.165. The van der Waals surface area contributed by atoms with E-state index in [1.54, 1.807) is 11.6 Å². The van der Waals surface area contributed by atoms with E-state index in [2.05, 4.69) is 26.1 Å². The summed E-state index contributed by atoms with van der Waals surface area (Å²) in [7, 11) is -3.68. The first-order valence-corrected chi connectivity index (χ1v) is 12.5. The van der Waals surface area contributed by atoms with E-state index in [1.807, 2.05) is 36.4 Å². The molecule has 3 aromatic rings. The zero-order valence-electron chi connectivity index (χ0n) is 19.5. The van der Waals surface area contributed by atoms with Gasteiger partial charge in [0.1, 0.15) is 16.5 Å². The predicted octanol–water partition coefficient (Wildman–Crippen LogP) is 4.17. The zero-order valence-corrected chi connectivity index (χ0v) is 20.3. The van der Waals surface area contributed by atoms with E-state index < -0.39 is 15.9 Å². The molecule has 9 heteroatoms. The summed E-state index contributed by atoms with van der Waals surface area (Å²) in [6.07, 6.45) is 1.68. The van der Waals surface area contributed by atoms with Gasteiger partial charge in [-0.3, -0.25) is 4.79 Å². The van der Waals surface area contributed by atoms with Gasteiger partial charge in [-0.05, 0) is 25.3 Å². The number of nitrogens with one attached hydrogen (secondary N) is 1. The molecule has 1 aromatic carbocycles. The Bertz CT molecular complexity index is 1250. The van der Waals surface area contributed by atoms with Crippen molar-refractivity contribution in [2.75, 3.05) is 18.4 Å². The van der Waals surface area contributed by atoms with E-state index in [0.717, 1.165) is 24.1 Å². The molecule has 0 aliphatic carbocycles. The number of benzene rings is 1. The van der Waals surface area contributed by atoms with Gasteiger partial charge in [0.2, 0.25) is 10.0 Å². The minimum Gasteiger partial charge on any atom is -0.455 e. The van der Waals surface area contributed by atoms with Crippen LogP contribution in [0.5, 0.6) is 0 Å². The Balaban J connectivity index is 1.61. The molecule has 0 radical (unpaired) electrons. The van der Waals surface area contributed by atoms with Gasteiger partial charge in [0.25, 0.3) is 5.91 Å². The van der Waals surface area contributed by atoms with E-state index in [4.69, 9.17) is 9.52 Å². The number of hydrogen-bond acceptors (Lipinski definition) is 5. The number of amides is 1. The lowest BCUT2D eigenvalue weighted by molar-refractivity contribution is 0.0994. The zero-order chi connectivity index (χ0) is 23.8. The van der Waals surface area contributed by atoms with Crippen LogP contribution in [0.15, 0.2) is 51.8 Å². The van der Waals surface area contributed by atoms with Crippen LogP contribution in [-0.4, -0.2) is 41.5 Å². The van der Waals surface area contributed by atoms with Crippen molar-refractivity contribution in [1.82, 2.24) is 14.1 Å². The maximum absolute atomic E-state index is 13.0. The van der Waals surface area contributed by atoms with Crippen LogP contribution in [0.1, 0.15) is 61.2 Å². The summed E-state index contributed by atoms with van der Waals surface area (Å²) in [4.78, 5) is 13.1. The standard InChI is InChI=1S/C24H30N4O4S/c1-17-20(33(30,31)27-12-8-9-13-27)14-19(32-17)23(29)25-22-15-21(24(2,3)4)26-28(22)16-18-10-6-5-7-11-18/h5-7,10-11,14-15H,8-9,12-13,16H2,1-4H3,(H,25,29). The van der Waals surface area contributed by atoms with E-state index in [0.29, 0.717) is 25.5 Å². The maximum Gasteiger partial charge on any atom is 0.292 e. The Labute approximate surface area is 194 Å². The molecular formula is C24H30N4O4S. The molecule has 3 heterocycles. The van der Waals surface area contributed by atoms with E-state index >= 15 is 0 Å². The third kappa shape index (κ3) is 4.89. The number of sulfonamides is 1. The lowest BCUT2D eigenvalue weighted by Crippen LogP contribution is -2.28. The number of aromatic nitrogens is 2. The average Bonchev–Trinajstić information content (AvgIpc) is 3.49. The quantitative estimate of drug-likeness (QED) is 0.583. The molecule has 0 bridgehead atoms. The lowest BCUT2D eigenvalue weighted by Gasteiger charge is -2.14.